The van der Waals surface area contributed by atoms with Crippen molar-refractivity contribution in [3.8, 4) is 11.9 Å². The van der Waals surface area contributed by atoms with Crippen LogP contribution in [0.5, 0.6) is 11.9 Å². The van der Waals surface area contributed by atoms with Crippen molar-refractivity contribution < 1.29 is 4.74 Å². The molecular formula is C9H10N6O. The van der Waals surface area contributed by atoms with Crippen molar-refractivity contribution in [2.75, 3.05) is 0 Å². The number of nitrogens with zero attached hydrogens (tertiary/aromatic N) is 4. The average molecular weight is 218 g/mol. The van der Waals surface area contributed by atoms with Gasteiger partial charge in [0.25, 0.3) is 0 Å². The molecule has 2 heterocycles. The third-order valence-corrected chi connectivity index (χ3v) is 1.82. The lowest BCUT2D eigenvalue weighted by molar-refractivity contribution is 0.422. The summed E-state index contributed by atoms with van der Waals surface area (Å²) in [5.41, 5.74) is 5.89. The van der Waals surface area contributed by atoms with Crippen LogP contribution in [0, 0.1) is 5.41 Å². The van der Waals surface area contributed by atoms with Crippen molar-refractivity contribution in [2.45, 2.75) is 0 Å². The van der Waals surface area contributed by atoms with E-state index in [0.29, 0.717) is 11.4 Å². The molecule has 7 nitrogen and oxygen atoms in total. The maximum absolute atomic E-state index is 7.27. The summed E-state index contributed by atoms with van der Waals surface area (Å²) in [5.74, 6) is 0.264. The van der Waals surface area contributed by atoms with Crippen LogP contribution in [0.1, 0.15) is 5.56 Å². The van der Waals surface area contributed by atoms with Gasteiger partial charge in [-0.2, -0.15) is 4.98 Å². The molecular weight excluding hydrogens is 208 g/mol. The van der Waals surface area contributed by atoms with E-state index >= 15 is 0 Å². The highest BCUT2D eigenvalue weighted by atomic mass is 16.5. The highest BCUT2D eigenvalue weighted by Crippen LogP contribution is 2.14. The second-order valence-corrected chi connectivity index (χ2v) is 3.10. The molecule has 0 aliphatic rings. The molecule has 0 saturated carbocycles. The topological polar surface area (TPSA) is 103 Å². The normalized spacial score (nSPS) is 10.1. The number of pyridine rings is 1. The minimum Gasteiger partial charge on any atom is -0.404 e. The first kappa shape index (κ1) is 10.1. The van der Waals surface area contributed by atoms with Crippen molar-refractivity contribution in [3.05, 3.63) is 30.2 Å². The van der Waals surface area contributed by atoms with Gasteiger partial charge in [0.15, 0.2) is 0 Å². The second kappa shape index (κ2) is 3.97. The van der Waals surface area contributed by atoms with Gasteiger partial charge in [-0.1, -0.05) is 0 Å². The van der Waals surface area contributed by atoms with E-state index in [2.05, 4.69) is 15.1 Å². The number of ether oxygens (including phenoxy) is 1. The molecule has 0 aliphatic carbocycles. The van der Waals surface area contributed by atoms with Crippen molar-refractivity contribution in [1.82, 2.24) is 19.7 Å². The summed E-state index contributed by atoms with van der Waals surface area (Å²) in [5, 5.41) is 11.2. The van der Waals surface area contributed by atoms with Crippen LogP contribution in [-0.4, -0.2) is 25.6 Å². The van der Waals surface area contributed by atoms with E-state index in [9.17, 15) is 0 Å². The maximum atomic E-state index is 7.27. The van der Waals surface area contributed by atoms with E-state index in [1.807, 2.05) is 0 Å². The first-order chi connectivity index (χ1) is 7.65. The molecule has 0 radical (unpaired) electrons. The number of rotatable bonds is 3. The molecule has 0 aliphatic heterocycles. The number of aromatic nitrogens is 4. The Morgan fingerprint density at radius 2 is 2.31 bits per heavy atom. The van der Waals surface area contributed by atoms with Crippen LogP contribution in [0.2, 0.25) is 0 Å². The summed E-state index contributed by atoms with van der Waals surface area (Å²) in [4.78, 5) is 7.85. The molecule has 0 bridgehead atoms. The Morgan fingerprint density at radius 1 is 1.50 bits per heavy atom. The molecule has 0 atom stereocenters. The smallest absolute Gasteiger partial charge is 0.342 e. The monoisotopic (exact) mass is 218 g/mol. The fraction of sp³-hybridized carbons (Fsp3) is 0.111. The highest BCUT2D eigenvalue weighted by molar-refractivity contribution is 5.95. The van der Waals surface area contributed by atoms with Gasteiger partial charge < -0.3 is 10.5 Å². The Kier molecular flexibility index (Phi) is 2.50. The highest BCUT2D eigenvalue weighted by Gasteiger charge is 2.05. The van der Waals surface area contributed by atoms with Gasteiger partial charge in [-0.3, -0.25) is 10.1 Å². The zero-order valence-electron chi connectivity index (χ0n) is 8.58. The van der Waals surface area contributed by atoms with E-state index in [1.54, 1.807) is 19.2 Å². The van der Waals surface area contributed by atoms with Gasteiger partial charge in [0.05, 0.1) is 0 Å². The molecule has 0 spiro atoms. The Morgan fingerprint density at radius 3 is 2.94 bits per heavy atom. The van der Waals surface area contributed by atoms with Crippen LogP contribution in [0.3, 0.4) is 0 Å². The minimum atomic E-state index is -0.0405. The van der Waals surface area contributed by atoms with Crippen LogP contribution in [-0.2, 0) is 7.05 Å². The number of hydrogen-bond donors (Lipinski definition) is 2. The molecule has 3 N–H and O–H groups in total. The Balaban J connectivity index is 2.21. The second-order valence-electron chi connectivity index (χ2n) is 3.10. The number of amidine groups is 1. The third kappa shape index (κ3) is 2.14. The first-order valence-corrected chi connectivity index (χ1v) is 4.49. The lowest BCUT2D eigenvalue weighted by Gasteiger charge is -2.01. The summed E-state index contributed by atoms with van der Waals surface area (Å²) >= 11 is 0. The number of nitrogens with two attached hydrogens (primary N) is 1. The van der Waals surface area contributed by atoms with Gasteiger partial charge >= 0.3 is 6.01 Å². The van der Waals surface area contributed by atoms with E-state index in [1.165, 1.54) is 17.2 Å². The number of hydrogen-bond acceptors (Lipinski definition) is 5. The van der Waals surface area contributed by atoms with E-state index in [0.717, 1.165) is 0 Å². The molecule has 7 heteroatoms. The van der Waals surface area contributed by atoms with Gasteiger partial charge in [-0.05, 0) is 6.07 Å². The molecule has 2 aromatic heterocycles. The maximum Gasteiger partial charge on any atom is 0.342 e. The first-order valence-electron chi connectivity index (χ1n) is 4.49. The van der Waals surface area contributed by atoms with Gasteiger partial charge in [0, 0.05) is 24.9 Å². The molecule has 2 aromatic rings. The number of aryl methyl sites for hydroxylation is 1. The van der Waals surface area contributed by atoms with E-state index in [-0.39, 0.29) is 11.8 Å². The van der Waals surface area contributed by atoms with Crippen LogP contribution < -0.4 is 10.5 Å². The van der Waals surface area contributed by atoms with Gasteiger partial charge in [0.2, 0.25) is 5.88 Å². The average Bonchev–Trinajstić information content (AvgIpc) is 2.64. The number of nitrogen functional groups attached to an aromatic ring is 1. The van der Waals surface area contributed by atoms with Crippen LogP contribution in [0.4, 0.5) is 0 Å². The van der Waals surface area contributed by atoms with Crippen LogP contribution in [0.15, 0.2) is 24.7 Å². The molecule has 0 unspecified atom stereocenters. The van der Waals surface area contributed by atoms with Crippen molar-refractivity contribution in [2.24, 2.45) is 12.8 Å². The van der Waals surface area contributed by atoms with Gasteiger partial charge in [-0.15, -0.1) is 5.10 Å². The van der Waals surface area contributed by atoms with Crippen LogP contribution in [0.25, 0.3) is 0 Å². The molecule has 16 heavy (non-hydrogen) atoms. The Bertz CT molecular complexity index is 520. The predicted molar refractivity (Wildman–Crippen MR) is 56.3 cm³/mol. The number of nitrogens with one attached hydrogen (secondary N) is 1. The predicted octanol–water partition coefficient (Wildman–Crippen LogP) is 0.286. The van der Waals surface area contributed by atoms with Crippen molar-refractivity contribution in [1.29, 1.82) is 5.41 Å². The Hall–Kier alpha value is -2.44. The molecule has 0 aromatic carbocycles. The lowest BCUT2D eigenvalue weighted by Crippen LogP contribution is -2.11. The van der Waals surface area contributed by atoms with Crippen LogP contribution >= 0.6 is 0 Å². The van der Waals surface area contributed by atoms with E-state index < -0.39 is 0 Å². The summed E-state index contributed by atoms with van der Waals surface area (Å²) in [6.07, 6.45) is 3.03. The zero-order chi connectivity index (χ0) is 11.5. The summed E-state index contributed by atoms with van der Waals surface area (Å²) in [6, 6.07) is 3.38. The molecule has 0 saturated heterocycles. The molecule has 0 amide bonds. The van der Waals surface area contributed by atoms with Crippen molar-refractivity contribution >= 4 is 5.84 Å². The Labute approximate surface area is 91.4 Å². The summed E-state index contributed by atoms with van der Waals surface area (Å²) < 4.78 is 6.80. The lowest BCUT2D eigenvalue weighted by atomic mass is 10.2. The standard InChI is InChI=1S/C9H10N6O/c1-15-5-13-9(14-15)16-7-4-6(8(10)11)2-3-12-7/h2-5H,1H3,(H3,10,11). The fourth-order valence-electron chi connectivity index (χ4n) is 1.09. The molecule has 2 rings (SSSR count). The quantitative estimate of drug-likeness (QED) is 0.569. The summed E-state index contributed by atoms with van der Waals surface area (Å²) in [6.45, 7) is 0. The SMILES string of the molecule is Cn1cnc(Oc2cc(C(=N)N)ccn2)n1. The fourth-order valence-corrected chi connectivity index (χ4v) is 1.09. The molecule has 0 fully saturated rings. The zero-order valence-corrected chi connectivity index (χ0v) is 8.58. The summed E-state index contributed by atoms with van der Waals surface area (Å²) in [7, 11) is 1.74. The van der Waals surface area contributed by atoms with Gasteiger partial charge in [-0.25, -0.2) is 4.98 Å². The third-order valence-electron chi connectivity index (χ3n) is 1.82. The largest absolute Gasteiger partial charge is 0.404 e. The van der Waals surface area contributed by atoms with E-state index in [4.69, 9.17) is 15.9 Å². The van der Waals surface area contributed by atoms with Gasteiger partial charge in [0.1, 0.15) is 12.2 Å². The molecule has 82 valence electrons. The van der Waals surface area contributed by atoms with Crippen molar-refractivity contribution in [3.63, 3.8) is 0 Å². The minimum absolute atomic E-state index is 0.0405.